The molecule has 0 aliphatic carbocycles. The summed E-state index contributed by atoms with van der Waals surface area (Å²) in [7, 11) is 0. The fourth-order valence-corrected chi connectivity index (χ4v) is 1.99. The van der Waals surface area contributed by atoms with E-state index in [-0.39, 0.29) is 17.4 Å². The lowest BCUT2D eigenvalue weighted by molar-refractivity contribution is 0.0972. The molecule has 0 aliphatic rings. The van der Waals surface area contributed by atoms with Gasteiger partial charge in [0.25, 0.3) is 0 Å². The normalized spacial score (nSPS) is 15.8. The molecule has 1 aromatic rings. The summed E-state index contributed by atoms with van der Waals surface area (Å²) in [4.78, 5) is 0. The Hall–Kier alpha value is -0.860. The third kappa shape index (κ3) is 3.95. The topological polar surface area (TPSA) is 46.2 Å². The van der Waals surface area contributed by atoms with Crippen LogP contribution in [0.3, 0.4) is 0 Å². The number of nitrogens with two attached hydrogens (primary N) is 1. The van der Waals surface area contributed by atoms with Crippen LogP contribution in [0.25, 0.3) is 0 Å². The third-order valence-corrected chi connectivity index (χ3v) is 2.77. The van der Waals surface area contributed by atoms with Crippen LogP contribution in [0.2, 0.25) is 0 Å². The Morgan fingerprint density at radius 2 is 1.75 bits per heavy atom. The first-order valence-corrected chi connectivity index (χ1v) is 5.87. The highest BCUT2D eigenvalue weighted by molar-refractivity contribution is 5.21. The maximum atomic E-state index is 10.2. The van der Waals surface area contributed by atoms with Gasteiger partial charge >= 0.3 is 0 Å². The van der Waals surface area contributed by atoms with Crippen LogP contribution in [0.15, 0.2) is 30.3 Å². The van der Waals surface area contributed by atoms with E-state index in [1.54, 1.807) is 0 Å². The number of aliphatic hydroxyl groups is 1. The molecule has 2 unspecified atom stereocenters. The summed E-state index contributed by atoms with van der Waals surface area (Å²) in [6.07, 6.45) is 0.399. The number of aliphatic hydroxyl groups excluding tert-OH is 1. The predicted molar refractivity (Wildman–Crippen MR) is 68.3 cm³/mol. The molecule has 0 amide bonds. The van der Waals surface area contributed by atoms with E-state index < -0.39 is 0 Å². The molecule has 90 valence electrons. The summed E-state index contributed by atoms with van der Waals surface area (Å²) in [6, 6.07) is 10.0. The molecule has 1 rings (SSSR count). The average Bonchev–Trinajstić information content (AvgIpc) is 2.17. The van der Waals surface area contributed by atoms with Crippen LogP contribution in [0.4, 0.5) is 0 Å². The molecule has 0 aliphatic heterocycles. The van der Waals surface area contributed by atoms with Gasteiger partial charge in [-0.25, -0.2) is 0 Å². The summed E-state index contributed by atoms with van der Waals surface area (Å²) in [5, 5.41) is 10.2. The van der Waals surface area contributed by atoms with Crippen molar-refractivity contribution in [3.8, 4) is 0 Å². The minimum atomic E-state index is -0.368. The maximum Gasteiger partial charge on any atom is 0.0625 e. The number of benzene rings is 1. The Morgan fingerprint density at radius 1 is 1.19 bits per heavy atom. The van der Waals surface area contributed by atoms with E-state index in [1.165, 1.54) is 0 Å². The molecule has 16 heavy (non-hydrogen) atoms. The van der Waals surface area contributed by atoms with Gasteiger partial charge in [-0.1, -0.05) is 51.1 Å². The Bertz CT molecular complexity index is 302. The minimum Gasteiger partial charge on any atom is -0.392 e. The zero-order valence-electron chi connectivity index (χ0n) is 10.5. The molecule has 0 radical (unpaired) electrons. The van der Waals surface area contributed by atoms with Gasteiger partial charge < -0.3 is 10.8 Å². The first kappa shape index (κ1) is 13.2. The zero-order chi connectivity index (χ0) is 12.2. The minimum absolute atomic E-state index is 0.0421. The van der Waals surface area contributed by atoms with E-state index in [1.807, 2.05) is 30.3 Å². The Balaban J connectivity index is 2.75. The van der Waals surface area contributed by atoms with Gasteiger partial charge in [-0.05, 0) is 17.4 Å². The smallest absolute Gasteiger partial charge is 0.0625 e. The second-order valence-corrected chi connectivity index (χ2v) is 5.59. The van der Waals surface area contributed by atoms with Crippen molar-refractivity contribution in [3.63, 3.8) is 0 Å². The van der Waals surface area contributed by atoms with Gasteiger partial charge in [0.2, 0.25) is 0 Å². The van der Waals surface area contributed by atoms with Crippen molar-refractivity contribution in [2.75, 3.05) is 6.54 Å². The molecule has 0 saturated heterocycles. The first-order chi connectivity index (χ1) is 7.44. The summed E-state index contributed by atoms with van der Waals surface area (Å²) in [6.45, 7) is 6.89. The molecule has 1 aromatic carbocycles. The maximum absolute atomic E-state index is 10.2. The fourth-order valence-electron chi connectivity index (χ4n) is 1.99. The van der Waals surface area contributed by atoms with Crippen LogP contribution in [0.5, 0.6) is 0 Å². The van der Waals surface area contributed by atoms with Gasteiger partial charge in [-0.2, -0.15) is 0 Å². The van der Waals surface area contributed by atoms with Crippen LogP contribution in [0.1, 0.15) is 38.7 Å². The van der Waals surface area contributed by atoms with Gasteiger partial charge in [0, 0.05) is 12.5 Å². The van der Waals surface area contributed by atoms with Crippen molar-refractivity contribution in [1.82, 2.24) is 0 Å². The molecule has 2 heteroatoms. The average molecular weight is 221 g/mol. The van der Waals surface area contributed by atoms with Gasteiger partial charge in [0.05, 0.1) is 6.10 Å². The van der Waals surface area contributed by atoms with E-state index in [0.717, 1.165) is 12.0 Å². The van der Waals surface area contributed by atoms with E-state index >= 15 is 0 Å². The molecule has 3 N–H and O–H groups in total. The SMILES string of the molecule is CC(C)(C)CC(O)C(CN)c1ccccc1. The third-order valence-electron chi connectivity index (χ3n) is 2.77. The van der Waals surface area contributed by atoms with Gasteiger partial charge in [0.1, 0.15) is 0 Å². The Morgan fingerprint density at radius 3 is 2.19 bits per heavy atom. The first-order valence-electron chi connectivity index (χ1n) is 5.87. The molecule has 2 nitrogen and oxygen atoms in total. The van der Waals surface area contributed by atoms with Crippen molar-refractivity contribution < 1.29 is 5.11 Å². The summed E-state index contributed by atoms with van der Waals surface area (Å²) >= 11 is 0. The molecule has 0 spiro atoms. The van der Waals surface area contributed by atoms with E-state index in [2.05, 4.69) is 20.8 Å². The molecular weight excluding hydrogens is 198 g/mol. The lowest BCUT2D eigenvalue weighted by Gasteiger charge is -2.28. The van der Waals surface area contributed by atoms with E-state index in [9.17, 15) is 5.11 Å². The van der Waals surface area contributed by atoms with Crippen LogP contribution < -0.4 is 5.73 Å². The second-order valence-electron chi connectivity index (χ2n) is 5.59. The lowest BCUT2D eigenvalue weighted by Crippen LogP contribution is -2.29. The molecular formula is C14H23NO. The van der Waals surface area contributed by atoms with Crippen molar-refractivity contribution in [2.24, 2.45) is 11.1 Å². The number of hydrogen-bond donors (Lipinski definition) is 2. The summed E-state index contributed by atoms with van der Waals surface area (Å²) in [5.74, 6) is 0.0421. The molecule has 0 aromatic heterocycles. The molecule has 0 saturated carbocycles. The van der Waals surface area contributed by atoms with Crippen LogP contribution in [0, 0.1) is 5.41 Å². The van der Waals surface area contributed by atoms with E-state index in [0.29, 0.717) is 6.54 Å². The lowest BCUT2D eigenvalue weighted by atomic mass is 9.82. The fraction of sp³-hybridized carbons (Fsp3) is 0.571. The van der Waals surface area contributed by atoms with E-state index in [4.69, 9.17) is 5.73 Å². The molecule has 0 heterocycles. The summed E-state index contributed by atoms with van der Waals surface area (Å²) < 4.78 is 0. The predicted octanol–water partition coefficient (Wildman–Crippen LogP) is 2.53. The van der Waals surface area contributed by atoms with Gasteiger partial charge in [0.15, 0.2) is 0 Å². The van der Waals surface area contributed by atoms with Crippen LogP contribution >= 0.6 is 0 Å². The highest BCUT2D eigenvalue weighted by Crippen LogP contribution is 2.28. The van der Waals surface area contributed by atoms with Gasteiger partial charge in [-0.3, -0.25) is 0 Å². The van der Waals surface area contributed by atoms with Crippen molar-refractivity contribution in [3.05, 3.63) is 35.9 Å². The quantitative estimate of drug-likeness (QED) is 0.820. The van der Waals surface area contributed by atoms with Crippen LogP contribution in [-0.2, 0) is 0 Å². The Labute approximate surface area is 98.5 Å². The van der Waals surface area contributed by atoms with Crippen molar-refractivity contribution >= 4 is 0 Å². The summed E-state index contributed by atoms with van der Waals surface area (Å²) in [5.41, 5.74) is 7.02. The number of hydrogen-bond acceptors (Lipinski definition) is 2. The monoisotopic (exact) mass is 221 g/mol. The van der Waals surface area contributed by atoms with Gasteiger partial charge in [-0.15, -0.1) is 0 Å². The Kier molecular flexibility index (Phi) is 4.51. The standard InChI is InChI=1S/C14H23NO/c1-14(2,3)9-13(16)12(10-15)11-7-5-4-6-8-11/h4-8,12-13,16H,9-10,15H2,1-3H3. The van der Waals surface area contributed by atoms with Crippen molar-refractivity contribution in [1.29, 1.82) is 0 Å². The molecule has 0 fully saturated rings. The zero-order valence-corrected chi connectivity index (χ0v) is 10.5. The largest absolute Gasteiger partial charge is 0.392 e. The second kappa shape index (κ2) is 5.46. The number of rotatable bonds is 4. The van der Waals surface area contributed by atoms with Crippen LogP contribution in [-0.4, -0.2) is 17.8 Å². The molecule has 2 atom stereocenters. The highest BCUT2D eigenvalue weighted by atomic mass is 16.3. The van der Waals surface area contributed by atoms with Crippen molar-refractivity contribution in [2.45, 2.75) is 39.2 Å². The highest BCUT2D eigenvalue weighted by Gasteiger charge is 2.24. The molecule has 0 bridgehead atoms.